The summed E-state index contributed by atoms with van der Waals surface area (Å²) in [5.74, 6) is -0.120. The van der Waals surface area contributed by atoms with Crippen LogP contribution < -0.4 is 5.32 Å². The van der Waals surface area contributed by atoms with Gasteiger partial charge in [-0.2, -0.15) is 0 Å². The largest absolute Gasteiger partial charge is 0.379 e. The molecule has 25 heavy (non-hydrogen) atoms. The molecule has 6 heteroatoms. The Morgan fingerprint density at radius 2 is 1.92 bits per heavy atom. The first-order valence-electron chi connectivity index (χ1n) is 9.03. The van der Waals surface area contributed by atoms with Gasteiger partial charge in [0.15, 0.2) is 0 Å². The van der Waals surface area contributed by atoms with Gasteiger partial charge in [0.05, 0.1) is 13.2 Å². The van der Waals surface area contributed by atoms with Crippen LogP contribution in [0.4, 0.5) is 0 Å². The van der Waals surface area contributed by atoms with Crippen LogP contribution in [0.2, 0.25) is 0 Å². The number of ether oxygens (including phenoxy) is 1. The minimum atomic E-state index is -0.489. The van der Waals surface area contributed by atoms with Crippen molar-refractivity contribution in [2.45, 2.75) is 32.9 Å². The van der Waals surface area contributed by atoms with E-state index in [4.69, 9.17) is 4.74 Å². The number of nitrogens with zero attached hydrogens (tertiary/aromatic N) is 2. The second-order valence-electron chi connectivity index (χ2n) is 6.28. The molecule has 2 rings (SSSR count). The fourth-order valence-corrected chi connectivity index (χ4v) is 2.88. The number of carbonyl (C=O) groups excluding carboxylic acids is 2. The van der Waals surface area contributed by atoms with Crippen molar-refractivity contribution in [2.24, 2.45) is 0 Å². The van der Waals surface area contributed by atoms with Crippen molar-refractivity contribution in [3.63, 3.8) is 0 Å². The number of nitrogens with one attached hydrogen (secondary N) is 1. The Hall–Kier alpha value is -1.92. The quantitative estimate of drug-likeness (QED) is 0.769. The zero-order valence-electron chi connectivity index (χ0n) is 15.2. The van der Waals surface area contributed by atoms with Crippen LogP contribution in [0.1, 0.15) is 25.8 Å². The average Bonchev–Trinajstić information content (AvgIpc) is 2.66. The zero-order valence-corrected chi connectivity index (χ0v) is 15.2. The van der Waals surface area contributed by atoms with E-state index in [1.165, 1.54) is 0 Å². The van der Waals surface area contributed by atoms with Crippen LogP contribution in [0.3, 0.4) is 0 Å². The van der Waals surface area contributed by atoms with Crippen LogP contribution >= 0.6 is 0 Å². The maximum atomic E-state index is 12.5. The molecule has 1 N–H and O–H groups in total. The minimum absolute atomic E-state index is 0.0142. The number of carbonyl (C=O) groups is 2. The first kappa shape index (κ1) is 19.4. The SMILES string of the molecule is CCC(=O)N(Cc1ccccc1)[C@@H](C)C(=O)NCCN1CCOCC1. The molecular weight excluding hydrogens is 318 g/mol. The highest BCUT2D eigenvalue weighted by atomic mass is 16.5. The second kappa shape index (κ2) is 10.2. The normalized spacial score (nSPS) is 16.2. The molecule has 0 saturated carbocycles. The Balaban J connectivity index is 1.87. The summed E-state index contributed by atoms with van der Waals surface area (Å²) in [5, 5.41) is 2.96. The molecule has 1 heterocycles. The molecule has 0 radical (unpaired) electrons. The maximum absolute atomic E-state index is 12.5. The molecule has 0 bridgehead atoms. The summed E-state index contributed by atoms with van der Waals surface area (Å²) in [6, 6.07) is 9.28. The number of amides is 2. The van der Waals surface area contributed by atoms with Crippen molar-refractivity contribution >= 4 is 11.8 Å². The standard InChI is InChI=1S/C19H29N3O3/c1-3-18(23)22(15-17-7-5-4-6-8-17)16(2)19(24)20-9-10-21-11-13-25-14-12-21/h4-8,16H,3,9-15H2,1-2H3,(H,20,24)/t16-/m0/s1. The van der Waals surface area contributed by atoms with Crippen LogP contribution in [-0.4, -0.2) is 67.0 Å². The summed E-state index contributed by atoms with van der Waals surface area (Å²) in [4.78, 5) is 28.7. The van der Waals surface area contributed by atoms with Crippen molar-refractivity contribution in [1.29, 1.82) is 0 Å². The Labute approximate surface area is 150 Å². The molecule has 0 unspecified atom stereocenters. The van der Waals surface area contributed by atoms with Gasteiger partial charge in [0.1, 0.15) is 6.04 Å². The Kier molecular flexibility index (Phi) is 7.88. The Morgan fingerprint density at radius 1 is 1.24 bits per heavy atom. The summed E-state index contributed by atoms with van der Waals surface area (Å²) in [6.07, 6.45) is 0.387. The number of benzene rings is 1. The van der Waals surface area contributed by atoms with Crippen molar-refractivity contribution in [2.75, 3.05) is 39.4 Å². The predicted molar refractivity (Wildman–Crippen MR) is 97.0 cm³/mol. The van der Waals surface area contributed by atoms with E-state index in [1.807, 2.05) is 37.3 Å². The summed E-state index contributed by atoms with van der Waals surface area (Å²) >= 11 is 0. The molecule has 1 fully saturated rings. The third kappa shape index (κ3) is 6.14. The molecule has 1 aliphatic rings. The van der Waals surface area contributed by atoms with E-state index in [0.29, 0.717) is 19.5 Å². The summed E-state index contributed by atoms with van der Waals surface area (Å²) in [7, 11) is 0. The van der Waals surface area contributed by atoms with E-state index >= 15 is 0 Å². The summed E-state index contributed by atoms with van der Waals surface area (Å²) in [6.45, 7) is 8.76. The molecular formula is C19H29N3O3. The van der Waals surface area contributed by atoms with Crippen molar-refractivity contribution in [3.05, 3.63) is 35.9 Å². The molecule has 6 nitrogen and oxygen atoms in total. The molecule has 0 aromatic heterocycles. The lowest BCUT2D eigenvalue weighted by molar-refractivity contribution is -0.140. The number of rotatable bonds is 8. The molecule has 1 saturated heterocycles. The van der Waals surface area contributed by atoms with Gasteiger partial charge in [-0.05, 0) is 12.5 Å². The topological polar surface area (TPSA) is 61.9 Å². The van der Waals surface area contributed by atoms with Crippen molar-refractivity contribution < 1.29 is 14.3 Å². The molecule has 0 spiro atoms. The molecule has 1 aromatic carbocycles. The van der Waals surface area contributed by atoms with E-state index in [1.54, 1.807) is 11.8 Å². The molecule has 1 aliphatic heterocycles. The molecule has 0 aliphatic carbocycles. The summed E-state index contributed by atoms with van der Waals surface area (Å²) < 4.78 is 5.32. The zero-order chi connectivity index (χ0) is 18.1. The molecule has 1 atom stereocenters. The van der Waals surface area contributed by atoms with Gasteiger partial charge in [-0.1, -0.05) is 37.3 Å². The third-order valence-electron chi connectivity index (χ3n) is 4.50. The highest BCUT2D eigenvalue weighted by Gasteiger charge is 2.25. The fourth-order valence-electron chi connectivity index (χ4n) is 2.88. The predicted octanol–water partition coefficient (Wildman–Crippen LogP) is 1.26. The van der Waals surface area contributed by atoms with Crippen LogP contribution in [0, 0.1) is 0 Å². The van der Waals surface area contributed by atoms with E-state index in [9.17, 15) is 9.59 Å². The highest BCUT2D eigenvalue weighted by molar-refractivity contribution is 5.87. The smallest absolute Gasteiger partial charge is 0.242 e. The number of morpholine rings is 1. The summed E-state index contributed by atoms with van der Waals surface area (Å²) in [5.41, 5.74) is 1.03. The van der Waals surface area contributed by atoms with Gasteiger partial charge in [0.25, 0.3) is 0 Å². The van der Waals surface area contributed by atoms with Gasteiger partial charge in [0.2, 0.25) is 11.8 Å². The van der Waals surface area contributed by atoms with Crippen LogP contribution in [-0.2, 0) is 20.9 Å². The van der Waals surface area contributed by atoms with Crippen molar-refractivity contribution in [1.82, 2.24) is 15.1 Å². The van der Waals surface area contributed by atoms with Gasteiger partial charge in [0, 0.05) is 39.1 Å². The third-order valence-corrected chi connectivity index (χ3v) is 4.50. The highest BCUT2D eigenvalue weighted by Crippen LogP contribution is 2.10. The van der Waals surface area contributed by atoms with Gasteiger partial charge in [-0.15, -0.1) is 0 Å². The van der Waals surface area contributed by atoms with Crippen LogP contribution in [0.5, 0.6) is 0 Å². The van der Waals surface area contributed by atoms with Crippen LogP contribution in [0.15, 0.2) is 30.3 Å². The van der Waals surface area contributed by atoms with Gasteiger partial charge in [-0.25, -0.2) is 0 Å². The number of hydrogen-bond donors (Lipinski definition) is 1. The monoisotopic (exact) mass is 347 g/mol. The minimum Gasteiger partial charge on any atom is -0.379 e. The lowest BCUT2D eigenvalue weighted by Crippen LogP contribution is -2.49. The maximum Gasteiger partial charge on any atom is 0.242 e. The molecule has 138 valence electrons. The Morgan fingerprint density at radius 3 is 2.56 bits per heavy atom. The van der Waals surface area contributed by atoms with E-state index in [2.05, 4.69) is 10.2 Å². The van der Waals surface area contributed by atoms with Gasteiger partial charge in [-0.3, -0.25) is 14.5 Å². The Bertz CT molecular complexity index is 544. The molecule has 1 aromatic rings. The number of hydrogen-bond acceptors (Lipinski definition) is 4. The molecule has 2 amide bonds. The average molecular weight is 347 g/mol. The van der Waals surface area contributed by atoms with Gasteiger partial charge < -0.3 is 15.0 Å². The first-order valence-corrected chi connectivity index (χ1v) is 9.03. The lowest BCUT2D eigenvalue weighted by Gasteiger charge is -2.29. The lowest BCUT2D eigenvalue weighted by atomic mass is 10.1. The fraction of sp³-hybridized carbons (Fsp3) is 0.579. The van der Waals surface area contributed by atoms with E-state index in [-0.39, 0.29) is 11.8 Å². The van der Waals surface area contributed by atoms with Crippen molar-refractivity contribution in [3.8, 4) is 0 Å². The van der Waals surface area contributed by atoms with E-state index in [0.717, 1.165) is 38.4 Å². The van der Waals surface area contributed by atoms with Crippen LogP contribution in [0.25, 0.3) is 0 Å². The van der Waals surface area contributed by atoms with E-state index < -0.39 is 6.04 Å². The van der Waals surface area contributed by atoms with Gasteiger partial charge >= 0.3 is 0 Å². The first-order chi connectivity index (χ1) is 12.1. The second-order valence-corrected chi connectivity index (χ2v) is 6.28.